The number of halogens is 1. The van der Waals surface area contributed by atoms with Gasteiger partial charge in [0.25, 0.3) is 5.89 Å². The molecule has 2 rings (SSSR count). The number of aromatic hydroxyl groups is 1. The van der Waals surface area contributed by atoms with Gasteiger partial charge in [0.2, 0.25) is 0 Å². The van der Waals surface area contributed by atoms with E-state index < -0.39 is 0 Å². The second-order valence-electron chi connectivity index (χ2n) is 3.73. The standard InChI is InChI=1S/C12H13BrN2O3/c1-2-5-17-7-11-14-12(18-15-11)8-3-4-9(13)10(16)6-8/h3-4,6,16H,2,5,7H2,1H3. The predicted molar refractivity (Wildman–Crippen MR) is 69.0 cm³/mol. The van der Waals surface area contributed by atoms with Gasteiger partial charge >= 0.3 is 0 Å². The number of hydrogen-bond donors (Lipinski definition) is 1. The van der Waals surface area contributed by atoms with Gasteiger partial charge in [-0.2, -0.15) is 4.98 Å². The van der Waals surface area contributed by atoms with Gasteiger partial charge < -0.3 is 14.4 Å². The zero-order valence-corrected chi connectivity index (χ0v) is 11.5. The van der Waals surface area contributed by atoms with Crippen molar-refractivity contribution in [2.24, 2.45) is 0 Å². The monoisotopic (exact) mass is 312 g/mol. The number of phenolic OH excluding ortho intramolecular Hbond substituents is 1. The van der Waals surface area contributed by atoms with Gasteiger partial charge in [0.05, 0.1) is 4.47 Å². The first-order valence-corrected chi connectivity index (χ1v) is 6.39. The largest absolute Gasteiger partial charge is 0.507 e. The number of hydrogen-bond acceptors (Lipinski definition) is 5. The van der Waals surface area contributed by atoms with Crippen molar-refractivity contribution in [1.82, 2.24) is 10.1 Å². The molecule has 1 heterocycles. The summed E-state index contributed by atoms with van der Waals surface area (Å²) in [6.07, 6.45) is 0.950. The molecule has 2 aromatic rings. The third-order valence-corrected chi connectivity index (χ3v) is 2.91. The van der Waals surface area contributed by atoms with Crippen LogP contribution in [0.5, 0.6) is 5.75 Å². The summed E-state index contributed by atoms with van der Waals surface area (Å²) < 4.78 is 11.1. The number of ether oxygens (including phenoxy) is 1. The minimum absolute atomic E-state index is 0.134. The Bertz CT molecular complexity index is 528. The summed E-state index contributed by atoms with van der Waals surface area (Å²) in [6, 6.07) is 5.07. The quantitative estimate of drug-likeness (QED) is 0.859. The Morgan fingerprint density at radius 1 is 1.44 bits per heavy atom. The maximum atomic E-state index is 9.58. The van der Waals surface area contributed by atoms with Crippen LogP contribution in [-0.2, 0) is 11.3 Å². The number of benzene rings is 1. The van der Waals surface area contributed by atoms with E-state index in [9.17, 15) is 5.11 Å². The van der Waals surface area contributed by atoms with Crippen molar-refractivity contribution in [3.8, 4) is 17.2 Å². The molecule has 0 atom stereocenters. The second-order valence-corrected chi connectivity index (χ2v) is 4.59. The van der Waals surface area contributed by atoms with Crippen LogP contribution < -0.4 is 0 Å². The van der Waals surface area contributed by atoms with E-state index in [0.717, 1.165) is 6.42 Å². The summed E-state index contributed by atoms with van der Waals surface area (Å²) in [5.41, 5.74) is 0.671. The molecule has 18 heavy (non-hydrogen) atoms. The number of aromatic nitrogens is 2. The molecule has 0 aliphatic rings. The van der Waals surface area contributed by atoms with Crippen molar-refractivity contribution in [3.63, 3.8) is 0 Å². The summed E-state index contributed by atoms with van der Waals surface area (Å²) >= 11 is 3.21. The first-order valence-electron chi connectivity index (χ1n) is 5.60. The average Bonchev–Trinajstić information content (AvgIpc) is 2.82. The SMILES string of the molecule is CCCOCc1noc(-c2ccc(Br)c(O)c2)n1. The molecule has 0 saturated heterocycles. The first kappa shape index (κ1) is 13.0. The highest BCUT2D eigenvalue weighted by Gasteiger charge is 2.10. The molecule has 96 valence electrons. The van der Waals surface area contributed by atoms with E-state index in [1.807, 2.05) is 6.92 Å². The zero-order valence-electron chi connectivity index (χ0n) is 9.89. The summed E-state index contributed by atoms with van der Waals surface area (Å²) in [4.78, 5) is 4.19. The lowest BCUT2D eigenvalue weighted by molar-refractivity contribution is 0.114. The Labute approximate surface area is 113 Å². The number of nitrogens with zero attached hydrogens (tertiary/aromatic N) is 2. The van der Waals surface area contributed by atoms with Crippen LogP contribution in [-0.4, -0.2) is 21.9 Å². The molecular formula is C12H13BrN2O3. The van der Waals surface area contributed by atoms with Gasteiger partial charge in [0.15, 0.2) is 5.82 Å². The van der Waals surface area contributed by atoms with E-state index >= 15 is 0 Å². The molecule has 0 fully saturated rings. The summed E-state index contributed by atoms with van der Waals surface area (Å²) in [5, 5.41) is 13.4. The molecule has 5 nitrogen and oxygen atoms in total. The fourth-order valence-electron chi connectivity index (χ4n) is 1.38. The van der Waals surface area contributed by atoms with E-state index in [1.165, 1.54) is 0 Å². The molecule has 0 spiro atoms. The number of rotatable bonds is 5. The van der Waals surface area contributed by atoms with E-state index in [1.54, 1.807) is 18.2 Å². The van der Waals surface area contributed by atoms with Crippen LogP contribution in [0.1, 0.15) is 19.2 Å². The van der Waals surface area contributed by atoms with E-state index in [4.69, 9.17) is 9.26 Å². The minimum atomic E-state index is 0.134. The molecular weight excluding hydrogens is 300 g/mol. The van der Waals surface area contributed by atoms with Crippen LogP contribution in [0, 0.1) is 0 Å². The van der Waals surface area contributed by atoms with Crippen molar-refractivity contribution < 1.29 is 14.4 Å². The van der Waals surface area contributed by atoms with Crippen molar-refractivity contribution in [2.45, 2.75) is 20.0 Å². The average molecular weight is 313 g/mol. The Morgan fingerprint density at radius 3 is 3.00 bits per heavy atom. The van der Waals surface area contributed by atoms with Crippen LogP contribution in [0.3, 0.4) is 0 Å². The van der Waals surface area contributed by atoms with Crippen LogP contribution in [0.4, 0.5) is 0 Å². The van der Waals surface area contributed by atoms with Crippen molar-refractivity contribution in [3.05, 3.63) is 28.5 Å². The third kappa shape index (κ3) is 3.08. The minimum Gasteiger partial charge on any atom is -0.507 e. The van der Waals surface area contributed by atoms with E-state index in [0.29, 0.717) is 35.0 Å². The van der Waals surface area contributed by atoms with Crippen LogP contribution in [0.15, 0.2) is 27.2 Å². The van der Waals surface area contributed by atoms with Gasteiger partial charge in [-0.1, -0.05) is 12.1 Å². The lowest BCUT2D eigenvalue weighted by Crippen LogP contribution is -1.95. The van der Waals surface area contributed by atoms with Crippen LogP contribution in [0.2, 0.25) is 0 Å². The second kappa shape index (κ2) is 5.97. The normalized spacial score (nSPS) is 10.8. The molecule has 0 bridgehead atoms. The third-order valence-electron chi connectivity index (χ3n) is 2.24. The molecule has 0 aliphatic carbocycles. The van der Waals surface area contributed by atoms with Gasteiger partial charge in [-0.25, -0.2) is 0 Å². The van der Waals surface area contributed by atoms with Crippen molar-refractivity contribution in [2.75, 3.05) is 6.61 Å². The Hall–Kier alpha value is -1.40. The summed E-state index contributed by atoms with van der Waals surface area (Å²) in [7, 11) is 0. The molecule has 0 radical (unpaired) electrons. The highest BCUT2D eigenvalue weighted by molar-refractivity contribution is 9.10. The molecule has 1 N–H and O–H groups in total. The molecule has 1 aromatic heterocycles. The van der Waals surface area contributed by atoms with Gasteiger partial charge in [-0.15, -0.1) is 0 Å². The zero-order chi connectivity index (χ0) is 13.0. The van der Waals surface area contributed by atoms with Crippen LogP contribution in [0.25, 0.3) is 11.5 Å². The fraction of sp³-hybridized carbons (Fsp3) is 0.333. The predicted octanol–water partition coefficient (Wildman–Crippen LogP) is 3.13. The lowest BCUT2D eigenvalue weighted by atomic mass is 10.2. The van der Waals surface area contributed by atoms with Gasteiger partial charge in [0.1, 0.15) is 12.4 Å². The van der Waals surface area contributed by atoms with E-state index in [2.05, 4.69) is 26.1 Å². The number of phenols is 1. The molecule has 0 aliphatic heterocycles. The highest BCUT2D eigenvalue weighted by Crippen LogP contribution is 2.28. The molecule has 0 amide bonds. The Kier molecular flexibility index (Phi) is 4.33. The Morgan fingerprint density at radius 2 is 2.28 bits per heavy atom. The Balaban J connectivity index is 2.11. The smallest absolute Gasteiger partial charge is 0.258 e. The maximum absolute atomic E-state index is 9.58. The lowest BCUT2D eigenvalue weighted by Gasteiger charge is -1.98. The highest BCUT2D eigenvalue weighted by atomic mass is 79.9. The first-order chi connectivity index (χ1) is 8.70. The van der Waals surface area contributed by atoms with Gasteiger partial charge in [-0.05, 0) is 40.5 Å². The molecule has 0 unspecified atom stereocenters. The summed E-state index contributed by atoms with van der Waals surface area (Å²) in [5.74, 6) is 1.00. The van der Waals surface area contributed by atoms with Crippen molar-refractivity contribution >= 4 is 15.9 Å². The van der Waals surface area contributed by atoms with E-state index in [-0.39, 0.29) is 5.75 Å². The van der Waals surface area contributed by atoms with Gasteiger partial charge in [-0.3, -0.25) is 0 Å². The summed E-state index contributed by atoms with van der Waals surface area (Å²) in [6.45, 7) is 3.04. The van der Waals surface area contributed by atoms with Crippen molar-refractivity contribution in [1.29, 1.82) is 0 Å². The molecule has 1 aromatic carbocycles. The van der Waals surface area contributed by atoms with Crippen LogP contribution >= 0.6 is 15.9 Å². The fourth-order valence-corrected chi connectivity index (χ4v) is 1.63. The van der Waals surface area contributed by atoms with Gasteiger partial charge in [0, 0.05) is 12.2 Å². The molecule has 6 heteroatoms. The maximum Gasteiger partial charge on any atom is 0.258 e. The molecule has 0 saturated carbocycles. The topological polar surface area (TPSA) is 68.4 Å².